The van der Waals surface area contributed by atoms with Gasteiger partial charge >= 0.3 is 6.18 Å². The molecule has 4 nitrogen and oxygen atoms in total. The molecule has 0 radical (unpaired) electrons. The third-order valence-corrected chi connectivity index (χ3v) is 6.68. The molecule has 0 spiro atoms. The second kappa shape index (κ2) is 5.46. The molecule has 8 heteroatoms. The van der Waals surface area contributed by atoms with E-state index in [9.17, 15) is 26.7 Å². The summed E-state index contributed by atoms with van der Waals surface area (Å²) in [6, 6.07) is 4.93. The number of aliphatic hydroxyl groups is 1. The lowest BCUT2D eigenvalue weighted by Crippen LogP contribution is -2.54. The van der Waals surface area contributed by atoms with E-state index in [1.165, 1.54) is 6.07 Å². The van der Waals surface area contributed by atoms with Crippen molar-refractivity contribution in [1.29, 1.82) is 0 Å². The molecule has 128 valence electrons. The van der Waals surface area contributed by atoms with E-state index in [-0.39, 0.29) is 18.0 Å². The predicted molar refractivity (Wildman–Crippen MR) is 77.5 cm³/mol. The first-order chi connectivity index (χ1) is 10.6. The number of alkyl halides is 3. The van der Waals surface area contributed by atoms with Crippen molar-refractivity contribution in [2.45, 2.75) is 48.8 Å². The summed E-state index contributed by atoms with van der Waals surface area (Å²) < 4.78 is 64.7. The monoisotopic (exact) mass is 349 g/mol. The Labute approximate surface area is 133 Å². The van der Waals surface area contributed by atoms with Gasteiger partial charge in [0, 0.05) is 13.1 Å². The van der Waals surface area contributed by atoms with Crippen LogP contribution in [0.3, 0.4) is 0 Å². The number of nitrogens with zero attached hydrogens (tertiary/aromatic N) is 1. The van der Waals surface area contributed by atoms with Crippen molar-refractivity contribution in [3.63, 3.8) is 0 Å². The molecule has 1 aromatic carbocycles. The van der Waals surface area contributed by atoms with Crippen molar-refractivity contribution < 1.29 is 26.7 Å². The molecule has 1 aliphatic heterocycles. The van der Waals surface area contributed by atoms with Crippen molar-refractivity contribution in [3.05, 3.63) is 29.3 Å². The second-order valence-electron chi connectivity index (χ2n) is 6.22. The molecule has 1 saturated heterocycles. The lowest BCUT2D eigenvalue weighted by atomic mass is 9.92. The van der Waals surface area contributed by atoms with Gasteiger partial charge < -0.3 is 5.11 Å². The lowest BCUT2D eigenvalue weighted by molar-refractivity contribution is -0.270. The molecule has 1 heterocycles. The van der Waals surface area contributed by atoms with Crippen LogP contribution in [0, 0.1) is 0 Å². The van der Waals surface area contributed by atoms with Gasteiger partial charge in [-0.05, 0) is 55.4 Å². The summed E-state index contributed by atoms with van der Waals surface area (Å²) >= 11 is 0. The van der Waals surface area contributed by atoms with Crippen LogP contribution in [-0.4, -0.2) is 42.7 Å². The zero-order valence-corrected chi connectivity index (χ0v) is 13.3. The van der Waals surface area contributed by atoms with Crippen LogP contribution < -0.4 is 0 Å². The van der Waals surface area contributed by atoms with E-state index in [2.05, 4.69) is 0 Å². The highest BCUT2D eigenvalue weighted by molar-refractivity contribution is 7.89. The van der Waals surface area contributed by atoms with Crippen molar-refractivity contribution in [2.75, 3.05) is 13.1 Å². The van der Waals surface area contributed by atoms with Crippen molar-refractivity contribution in [3.8, 4) is 0 Å². The van der Waals surface area contributed by atoms with Gasteiger partial charge in [0.2, 0.25) is 10.0 Å². The Morgan fingerprint density at radius 2 is 1.70 bits per heavy atom. The molecule has 0 saturated carbocycles. The molecule has 0 aromatic heterocycles. The van der Waals surface area contributed by atoms with E-state index in [4.69, 9.17) is 0 Å². The van der Waals surface area contributed by atoms with Crippen LogP contribution in [0.25, 0.3) is 0 Å². The molecule has 1 aliphatic carbocycles. The minimum atomic E-state index is -4.74. The van der Waals surface area contributed by atoms with Gasteiger partial charge in [-0.1, -0.05) is 6.07 Å². The van der Waals surface area contributed by atoms with Gasteiger partial charge in [-0.25, -0.2) is 8.42 Å². The van der Waals surface area contributed by atoms with E-state index < -0.39 is 34.6 Å². The third-order valence-electron chi connectivity index (χ3n) is 4.78. The Hall–Kier alpha value is -1.12. The largest absolute Gasteiger partial charge is 0.417 e. The smallest absolute Gasteiger partial charge is 0.380 e. The Balaban J connectivity index is 1.80. The zero-order chi connectivity index (χ0) is 16.9. The molecule has 3 rings (SSSR count). The molecule has 1 N–H and O–H groups in total. The van der Waals surface area contributed by atoms with Crippen LogP contribution in [0.15, 0.2) is 23.1 Å². The predicted octanol–water partition coefficient (Wildman–Crippen LogP) is 2.25. The van der Waals surface area contributed by atoms with Crippen LogP contribution in [0.5, 0.6) is 0 Å². The van der Waals surface area contributed by atoms with Gasteiger partial charge in [0.1, 0.15) is 0 Å². The van der Waals surface area contributed by atoms with Crippen molar-refractivity contribution >= 4 is 10.0 Å². The third kappa shape index (κ3) is 2.88. The van der Waals surface area contributed by atoms with Crippen LogP contribution in [0.2, 0.25) is 0 Å². The van der Waals surface area contributed by atoms with Gasteiger partial charge in [0.25, 0.3) is 0 Å². The van der Waals surface area contributed by atoms with Gasteiger partial charge in [0.05, 0.1) is 4.90 Å². The fraction of sp³-hybridized carbons (Fsp3) is 0.600. The molecule has 0 unspecified atom stereocenters. The molecule has 2 aliphatic rings. The molecule has 0 atom stereocenters. The summed E-state index contributed by atoms with van der Waals surface area (Å²) in [7, 11) is -3.82. The Bertz CT molecular complexity index is 707. The number of benzene rings is 1. The lowest BCUT2D eigenvalue weighted by Gasteiger charge is -2.38. The normalized spacial score (nSPS) is 22.1. The zero-order valence-electron chi connectivity index (χ0n) is 12.4. The molecule has 23 heavy (non-hydrogen) atoms. The van der Waals surface area contributed by atoms with E-state index in [0.29, 0.717) is 0 Å². The minimum absolute atomic E-state index is 0.121. The highest BCUT2D eigenvalue weighted by Crippen LogP contribution is 2.39. The maximum Gasteiger partial charge on any atom is 0.417 e. The number of rotatable bonds is 2. The van der Waals surface area contributed by atoms with Crippen LogP contribution in [-0.2, 0) is 22.9 Å². The van der Waals surface area contributed by atoms with E-state index in [1.807, 2.05) is 0 Å². The van der Waals surface area contributed by atoms with E-state index in [1.54, 1.807) is 12.1 Å². The van der Waals surface area contributed by atoms with Crippen molar-refractivity contribution in [2.24, 2.45) is 0 Å². The number of hydrogen-bond donors (Lipinski definition) is 1. The summed E-state index contributed by atoms with van der Waals surface area (Å²) in [6.07, 6.45) is -3.27. The van der Waals surface area contributed by atoms with Gasteiger partial charge in [-0.15, -0.1) is 0 Å². The first-order valence-electron chi connectivity index (χ1n) is 7.55. The fourth-order valence-corrected chi connectivity index (χ4v) is 4.73. The molecular weight excluding hydrogens is 331 g/mol. The first kappa shape index (κ1) is 16.7. The molecule has 0 amide bonds. The first-order valence-corrected chi connectivity index (χ1v) is 8.99. The molecule has 1 aromatic rings. The topological polar surface area (TPSA) is 57.6 Å². The van der Waals surface area contributed by atoms with Gasteiger partial charge in [0.15, 0.2) is 5.60 Å². The Morgan fingerprint density at radius 3 is 2.30 bits per heavy atom. The summed E-state index contributed by atoms with van der Waals surface area (Å²) in [5.74, 6) is 0. The SMILES string of the molecule is O=S(=O)(c1ccc2c(c1)CCC2)N1CCC(O)(C(F)(F)F)CC1. The number of halogens is 3. The number of fused-ring (bicyclic) bond motifs is 1. The number of hydrogen-bond acceptors (Lipinski definition) is 3. The fourth-order valence-electron chi connectivity index (χ4n) is 3.24. The highest BCUT2D eigenvalue weighted by atomic mass is 32.2. The second-order valence-corrected chi connectivity index (χ2v) is 8.16. The standard InChI is InChI=1S/C15H18F3NO3S/c16-15(17,18)14(20)6-8-19(9-7-14)23(21,22)13-5-4-11-2-1-3-12(11)10-13/h4-5,10,20H,1-3,6-9H2. The van der Waals surface area contributed by atoms with E-state index >= 15 is 0 Å². The summed E-state index contributed by atoms with van der Waals surface area (Å²) in [6.45, 7) is -0.676. The van der Waals surface area contributed by atoms with E-state index in [0.717, 1.165) is 34.7 Å². The molecular formula is C15H18F3NO3S. The Kier molecular flexibility index (Phi) is 3.97. The van der Waals surface area contributed by atoms with Crippen LogP contribution in [0.1, 0.15) is 30.4 Å². The van der Waals surface area contributed by atoms with Gasteiger partial charge in [-0.3, -0.25) is 0 Å². The highest BCUT2D eigenvalue weighted by Gasteiger charge is 2.55. The van der Waals surface area contributed by atoms with Crippen molar-refractivity contribution in [1.82, 2.24) is 4.31 Å². The minimum Gasteiger partial charge on any atom is -0.380 e. The maximum absolute atomic E-state index is 12.8. The van der Waals surface area contributed by atoms with Crippen LogP contribution >= 0.6 is 0 Å². The summed E-state index contributed by atoms with van der Waals surface area (Å²) in [5.41, 5.74) is -0.666. The average Bonchev–Trinajstić information content (AvgIpc) is 2.94. The number of sulfonamides is 1. The Morgan fingerprint density at radius 1 is 1.09 bits per heavy atom. The van der Waals surface area contributed by atoms with Gasteiger partial charge in [-0.2, -0.15) is 17.5 Å². The maximum atomic E-state index is 12.8. The summed E-state index contributed by atoms with van der Waals surface area (Å²) in [5, 5.41) is 9.64. The molecule has 1 fully saturated rings. The number of aryl methyl sites for hydroxylation is 2. The quantitative estimate of drug-likeness (QED) is 0.891. The van der Waals surface area contributed by atoms with Crippen LogP contribution in [0.4, 0.5) is 13.2 Å². The molecule has 0 bridgehead atoms. The summed E-state index contributed by atoms with van der Waals surface area (Å²) in [4.78, 5) is 0.121. The average molecular weight is 349 g/mol. The number of piperidine rings is 1.